The minimum atomic E-state index is 0.0290. The third-order valence-electron chi connectivity index (χ3n) is 6.14. The molecule has 1 amide bonds. The fourth-order valence-electron chi connectivity index (χ4n) is 4.43. The first-order valence-corrected chi connectivity index (χ1v) is 11.7. The Bertz CT molecular complexity index is 1290. The van der Waals surface area contributed by atoms with Crippen molar-refractivity contribution < 1.29 is 14.3 Å². The SMILES string of the molecule is COc1cccc(Oc2nccnc2[C@H]2CCCN(C(=O)c3cccc(Cn4ccnc4)c3)C2)c1. The van der Waals surface area contributed by atoms with Crippen LogP contribution in [-0.2, 0) is 6.54 Å². The lowest BCUT2D eigenvalue weighted by Gasteiger charge is -2.33. The van der Waals surface area contributed by atoms with E-state index in [9.17, 15) is 4.79 Å². The smallest absolute Gasteiger partial charge is 0.253 e. The molecule has 1 aliphatic rings. The Hall–Kier alpha value is -4.20. The van der Waals surface area contributed by atoms with E-state index in [0.29, 0.717) is 42.6 Å². The van der Waals surface area contributed by atoms with E-state index in [1.54, 1.807) is 32.0 Å². The first-order chi connectivity index (χ1) is 17.2. The standard InChI is InChI=1S/C27H27N5O3/c1-34-23-8-3-9-24(16-23)35-26-25(29-10-11-30-26)22-7-4-13-32(18-22)27(33)21-6-2-5-20(15-21)17-31-14-12-28-19-31/h2-3,5-6,8-12,14-16,19,22H,4,7,13,17-18H2,1H3/t22-/m0/s1. The summed E-state index contributed by atoms with van der Waals surface area (Å²) in [6, 6.07) is 15.2. The van der Waals surface area contributed by atoms with Crippen LogP contribution < -0.4 is 9.47 Å². The Labute approximate surface area is 204 Å². The zero-order valence-electron chi connectivity index (χ0n) is 19.6. The van der Waals surface area contributed by atoms with Crippen LogP contribution in [0, 0.1) is 0 Å². The summed E-state index contributed by atoms with van der Waals surface area (Å²) >= 11 is 0. The fourth-order valence-corrected chi connectivity index (χ4v) is 4.43. The number of carbonyl (C=O) groups is 1. The minimum absolute atomic E-state index is 0.0290. The lowest BCUT2D eigenvalue weighted by molar-refractivity contribution is 0.0704. The largest absolute Gasteiger partial charge is 0.497 e. The molecule has 1 atom stereocenters. The predicted octanol–water partition coefficient (Wildman–Crippen LogP) is 4.54. The van der Waals surface area contributed by atoms with Gasteiger partial charge in [0.05, 0.1) is 13.4 Å². The van der Waals surface area contributed by atoms with E-state index in [2.05, 4.69) is 15.0 Å². The highest BCUT2D eigenvalue weighted by molar-refractivity contribution is 5.94. The number of likely N-dealkylation sites (tertiary alicyclic amines) is 1. The van der Waals surface area contributed by atoms with Gasteiger partial charge in [-0.2, -0.15) is 0 Å². The van der Waals surface area contributed by atoms with E-state index in [4.69, 9.17) is 9.47 Å². The third-order valence-corrected chi connectivity index (χ3v) is 6.14. The van der Waals surface area contributed by atoms with Crippen molar-refractivity contribution in [3.8, 4) is 17.4 Å². The fraction of sp³-hybridized carbons (Fsp3) is 0.259. The monoisotopic (exact) mass is 469 g/mol. The van der Waals surface area contributed by atoms with Crippen LogP contribution in [0.25, 0.3) is 0 Å². The molecule has 1 aliphatic heterocycles. The van der Waals surface area contributed by atoms with Crippen LogP contribution in [0.4, 0.5) is 0 Å². The molecule has 0 radical (unpaired) electrons. The Morgan fingerprint density at radius 2 is 1.91 bits per heavy atom. The molecule has 8 nitrogen and oxygen atoms in total. The molecule has 1 saturated heterocycles. The molecule has 1 fully saturated rings. The number of hydrogen-bond acceptors (Lipinski definition) is 6. The number of hydrogen-bond donors (Lipinski definition) is 0. The Balaban J connectivity index is 1.32. The number of rotatable bonds is 7. The van der Waals surface area contributed by atoms with Crippen molar-refractivity contribution in [1.29, 1.82) is 0 Å². The van der Waals surface area contributed by atoms with E-state index >= 15 is 0 Å². The summed E-state index contributed by atoms with van der Waals surface area (Å²) in [7, 11) is 1.62. The second-order valence-corrected chi connectivity index (χ2v) is 8.55. The maximum atomic E-state index is 13.4. The average Bonchev–Trinajstić information content (AvgIpc) is 3.42. The van der Waals surface area contributed by atoms with E-state index < -0.39 is 0 Å². The van der Waals surface area contributed by atoms with E-state index in [-0.39, 0.29) is 11.8 Å². The lowest BCUT2D eigenvalue weighted by atomic mass is 9.94. The van der Waals surface area contributed by atoms with Gasteiger partial charge in [-0.15, -0.1) is 0 Å². The van der Waals surface area contributed by atoms with Crippen LogP contribution >= 0.6 is 0 Å². The zero-order chi connectivity index (χ0) is 24.0. The zero-order valence-corrected chi connectivity index (χ0v) is 19.6. The highest BCUT2D eigenvalue weighted by Crippen LogP contribution is 2.33. The van der Waals surface area contributed by atoms with Crippen LogP contribution in [0.15, 0.2) is 79.6 Å². The number of ether oxygens (including phenoxy) is 2. The van der Waals surface area contributed by atoms with Crippen LogP contribution in [0.2, 0.25) is 0 Å². The van der Waals surface area contributed by atoms with Crippen molar-refractivity contribution in [3.63, 3.8) is 0 Å². The summed E-state index contributed by atoms with van der Waals surface area (Å²) < 4.78 is 13.4. The Morgan fingerprint density at radius 1 is 1.06 bits per heavy atom. The first kappa shape index (κ1) is 22.6. The molecular formula is C27H27N5O3. The van der Waals surface area contributed by atoms with Gasteiger partial charge in [-0.1, -0.05) is 18.2 Å². The summed E-state index contributed by atoms with van der Waals surface area (Å²) in [5, 5.41) is 0. The third kappa shape index (κ3) is 5.32. The van der Waals surface area contributed by atoms with Crippen molar-refractivity contribution in [2.75, 3.05) is 20.2 Å². The molecule has 2 aromatic carbocycles. The molecule has 0 spiro atoms. The van der Waals surface area contributed by atoms with Crippen molar-refractivity contribution in [2.24, 2.45) is 0 Å². The van der Waals surface area contributed by atoms with E-state index in [0.717, 1.165) is 24.1 Å². The summed E-state index contributed by atoms with van der Waals surface area (Å²) in [5.74, 6) is 1.86. The summed E-state index contributed by atoms with van der Waals surface area (Å²) in [5.41, 5.74) is 2.52. The summed E-state index contributed by atoms with van der Waals surface area (Å²) in [4.78, 5) is 28.4. The van der Waals surface area contributed by atoms with Crippen molar-refractivity contribution in [3.05, 3.63) is 96.5 Å². The molecule has 0 aliphatic carbocycles. The van der Waals surface area contributed by atoms with E-state index in [1.165, 1.54) is 0 Å². The van der Waals surface area contributed by atoms with Crippen molar-refractivity contribution in [1.82, 2.24) is 24.4 Å². The maximum Gasteiger partial charge on any atom is 0.253 e. The van der Waals surface area contributed by atoms with Gasteiger partial charge in [0.1, 0.15) is 17.2 Å². The number of aromatic nitrogens is 4. The number of imidazole rings is 1. The Kier molecular flexibility index (Phi) is 6.70. The number of amides is 1. The van der Waals surface area contributed by atoms with E-state index in [1.807, 2.05) is 64.2 Å². The molecular weight excluding hydrogens is 442 g/mol. The molecule has 8 heteroatoms. The summed E-state index contributed by atoms with van der Waals surface area (Å²) in [6.45, 7) is 1.96. The number of carbonyl (C=O) groups excluding carboxylic acids is 1. The molecule has 0 unspecified atom stereocenters. The van der Waals surface area contributed by atoms with Gasteiger partial charge >= 0.3 is 0 Å². The predicted molar refractivity (Wildman–Crippen MR) is 131 cm³/mol. The van der Waals surface area contributed by atoms with Crippen molar-refractivity contribution >= 4 is 5.91 Å². The first-order valence-electron chi connectivity index (χ1n) is 11.7. The van der Waals surface area contributed by atoms with Gasteiger partial charge in [-0.3, -0.25) is 9.78 Å². The minimum Gasteiger partial charge on any atom is -0.497 e. The molecule has 0 N–H and O–H groups in total. The van der Waals surface area contributed by atoms with Gasteiger partial charge in [0, 0.05) is 62.0 Å². The molecule has 35 heavy (non-hydrogen) atoms. The van der Waals surface area contributed by atoms with Gasteiger partial charge in [-0.05, 0) is 42.7 Å². The lowest BCUT2D eigenvalue weighted by Crippen LogP contribution is -2.39. The highest BCUT2D eigenvalue weighted by Gasteiger charge is 2.29. The van der Waals surface area contributed by atoms with Crippen molar-refractivity contribution in [2.45, 2.75) is 25.3 Å². The van der Waals surface area contributed by atoms with Gasteiger partial charge in [-0.25, -0.2) is 9.97 Å². The van der Waals surface area contributed by atoms with Gasteiger partial charge in [0.25, 0.3) is 5.91 Å². The van der Waals surface area contributed by atoms with Crippen LogP contribution in [-0.4, -0.2) is 50.5 Å². The molecule has 5 rings (SSSR count). The molecule has 4 aromatic rings. The second-order valence-electron chi connectivity index (χ2n) is 8.55. The molecule has 0 bridgehead atoms. The van der Waals surface area contributed by atoms with Crippen LogP contribution in [0.3, 0.4) is 0 Å². The highest BCUT2D eigenvalue weighted by atomic mass is 16.5. The second kappa shape index (κ2) is 10.4. The average molecular weight is 470 g/mol. The van der Waals surface area contributed by atoms with Gasteiger partial charge < -0.3 is 18.9 Å². The number of methoxy groups -OCH3 is 1. The number of benzene rings is 2. The molecule has 178 valence electrons. The molecule has 3 heterocycles. The van der Waals surface area contributed by atoms with Gasteiger partial charge in [0.2, 0.25) is 5.88 Å². The van der Waals surface area contributed by atoms with Crippen LogP contribution in [0.5, 0.6) is 17.4 Å². The summed E-state index contributed by atoms with van der Waals surface area (Å²) in [6.07, 6.45) is 10.5. The maximum absolute atomic E-state index is 13.4. The number of piperidine rings is 1. The Morgan fingerprint density at radius 3 is 2.77 bits per heavy atom. The quantitative estimate of drug-likeness (QED) is 0.395. The topological polar surface area (TPSA) is 82.4 Å². The molecule has 0 saturated carbocycles. The van der Waals surface area contributed by atoms with Crippen LogP contribution in [0.1, 0.15) is 40.4 Å². The normalized spacial score (nSPS) is 15.6. The number of nitrogens with zero attached hydrogens (tertiary/aromatic N) is 5. The van der Waals surface area contributed by atoms with Gasteiger partial charge in [0.15, 0.2) is 0 Å². The molecule has 2 aromatic heterocycles.